The SMILES string of the molecule is Cc1ccc(C=C2SC(=S)N(CCC(=O)NC(C)(C)C)C2=O)cc1. The highest BCUT2D eigenvalue weighted by Crippen LogP contribution is 2.32. The number of nitrogens with one attached hydrogen (secondary N) is 1. The van der Waals surface area contributed by atoms with Crippen LogP contribution in [0, 0.1) is 6.92 Å². The van der Waals surface area contributed by atoms with Gasteiger partial charge in [0, 0.05) is 18.5 Å². The van der Waals surface area contributed by atoms with Crippen LogP contribution in [0.25, 0.3) is 6.08 Å². The molecule has 4 nitrogen and oxygen atoms in total. The predicted octanol–water partition coefficient (Wildman–Crippen LogP) is 3.50. The molecule has 1 fully saturated rings. The number of carbonyl (C=O) groups excluding carboxylic acids is 2. The van der Waals surface area contributed by atoms with Crippen molar-refractivity contribution in [2.24, 2.45) is 0 Å². The molecule has 0 bridgehead atoms. The highest BCUT2D eigenvalue weighted by molar-refractivity contribution is 8.26. The molecule has 0 atom stereocenters. The summed E-state index contributed by atoms with van der Waals surface area (Å²) in [6.07, 6.45) is 2.08. The van der Waals surface area contributed by atoms with E-state index in [1.165, 1.54) is 22.2 Å². The Morgan fingerprint density at radius 3 is 2.50 bits per heavy atom. The van der Waals surface area contributed by atoms with Crippen molar-refractivity contribution in [2.45, 2.75) is 39.7 Å². The minimum Gasteiger partial charge on any atom is -0.351 e. The van der Waals surface area contributed by atoms with Gasteiger partial charge in [-0.05, 0) is 39.3 Å². The standard InChI is InChI=1S/C18H22N2O2S2/c1-12-5-7-13(8-6-12)11-14-16(22)20(17(23)24-14)10-9-15(21)19-18(2,3)4/h5-8,11H,9-10H2,1-4H3,(H,19,21). The third kappa shape index (κ3) is 5.18. The van der Waals surface area contributed by atoms with E-state index in [-0.39, 0.29) is 23.8 Å². The van der Waals surface area contributed by atoms with Crippen LogP contribution in [0.3, 0.4) is 0 Å². The number of hydrogen-bond acceptors (Lipinski definition) is 4. The first-order chi connectivity index (χ1) is 11.2. The first kappa shape index (κ1) is 18.7. The molecular formula is C18H22N2O2S2. The average molecular weight is 363 g/mol. The molecule has 1 heterocycles. The molecule has 0 spiro atoms. The lowest BCUT2D eigenvalue weighted by Gasteiger charge is -2.21. The van der Waals surface area contributed by atoms with E-state index in [2.05, 4.69) is 5.32 Å². The van der Waals surface area contributed by atoms with Crippen LogP contribution >= 0.6 is 24.0 Å². The number of amides is 2. The van der Waals surface area contributed by atoms with Crippen molar-refractivity contribution < 1.29 is 9.59 Å². The van der Waals surface area contributed by atoms with Crippen molar-refractivity contribution >= 4 is 46.2 Å². The van der Waals surface area contributed by atoms with E-state index in [1.54, 1.807) is 0 Å². The minimum absolute atomic E-state index is 0.0842. The molecule has 0 unspecified atom stereocenters. The van der Waals surface area contributed by atoms with Gasteiger partial charge < -0.3 is 5.32 Å². The Labute approximate surface area is 152 Å². The second-order valence-corrected chi connectivity index (χ2v) is 8.47. The molecule has 0 saturated carbocycles. The number of carbonyl (C=O) groups is 2. The maximum absolute atomic E-state index is 12.5. The van der Waals surface area contributed by atoms with Gasteiger partial charge in [0.25, 0.3) is 5.91 Å². The lowest BCUT2D eigenvalue weighted by atomic mass is 10.1. The van der Waals surface area contributed by atoms with Crippen molar-refractivity contribution in [3.63, 3.8) is 0 Å². The van der Waals surface area contributed by atoms with E-state index in [1.807, 2.05) is 58.0 Å². The molecule has 6 heteroatoms. The predicted molar refractivity (Wildman–Crippen MR) is 104 cm³/mol. The minimum atomic E-state index is -0.280. The first-order valence-corrected chi connectivity index (χ1v) is 9.01. The summed E-state index contributed by atoms with van der Waals surface area (Å²) in [7, 11) is 0. The number of hydrogen-bond donors (Lipinski definition) is 1. The van der Waals surface area contributed by atoms with Gasteiger partial charge in [-0.2, -0.15) is 0 Å². The number of rotatable bonds is 4. The number of nitrogens with zero attached hydrogens (tertiary/aromatic N) is 1. The van der Waals surface area contributed by atoms with Crippen LogP contribution in [0.4, 0.5) is 0 Å². The van der Waals surface area contributed by atoms with Crippen LogP contribution in [-0.4, -0.2) is 33.1 Å². The van der Waals surface area contributed by atoms with Gasteiger partial charge in [-0.3, -0.25) is 14.5 Å². The Morgan fingerprint density at radius 1 is 1.29 bits per heavy atom. The molecule has 0 aromatic heterocycles. The van der Waals surface area contributed by atoms with Crippen molar-refractivity contribution in [3.05, 3.63) is 40.3 Å². The Morgan fingerprint density at radius 2 is 1.92 bits per heavy atom. The van der Waals surface area contributed by atoms with E-state index >= 15 is 0 Å². The molecule has 1 aromatic rings. The number of thiocarbonyl (C=S) groups is 1. The summed E-state index contributed by atoms with van der Waals surface area (Å²) in [4.78, 5) is 26.5. The fourth-order valence-electron chi connectivity index (χ4n) is 2.20. The van der Waals surface area contributed by atoms with Crippen LogP contribution in [0.5, 0.6) is 0 Å². The summed E-state index contributed by atoms with van der Waals surface area (Å²) >= 11 is 6.57. The van der Waals surface area contributed by atoms with Gasteiger partial charge in [0.15, 0.2) is 0 Å². The molecule has 2 rings (SSSR count). The van der Waals surface area contributed by atoms with Crippen molar-refractivity contribution in [2.75, 3.05) is 6.54 Å². The Bertz CT molecular complexity index is 688. The van der Waals surface area contributed by atoms with Crippen LogP contribution in [-0.2, 0) is 9.59 Å². The van der Waals surface area contributed by atoms with E-state index < -0.39 is 0 Å². The smallest absolute Gasteiger partial charge is 0.266 e. The maximum Gasteiger partial charge on any atom is 0.266 e. The molecule has 0 radical (unpaired) electrons. The van der Waals surface area contributed by atoms with Gasteiger partial charge in [0.05, 0.1) is 4.91 Å². The summed E-state index contributed by atoms with van der Waals surface area (Å²) in [5.41, 5.74) is 1.86. The third-order valence-corrected chi connectivity index (χ3v) is 4.70. The molecular weight excluding hydrogens is 340 g/mol. The zero-order chi connectivity index (χ0) is 17.9. The van der Waals surface area contributed by atoms with Crippen molar-refractivity contribution in [1.82, 2.24) is 10.2 Å². The molecule has 1 aliphatic heterocycles. The van der Waals surface area contributed by atoms with Crippen LogP contribution in [0.15, 0.2) is 29.2 Å². The average Bonchev–Trinajstić information content (AvgIpc) is 2.72. The largest absolute Gasteiger partial charge is 0.351 e. The van der Waals surface area contributed by atoms with Crippen LogP contribution in [0.2, 0.25) is 0 Å². The van der Waals surface area contributed by atoms with Crippen molar-refractivity contribution in [3.8, 4) is 0 Å². The highest BCUT2D eigenvalue weighted by atomic mass is 32.2. The zero-order valence-electron chi connectivity index (χ0n) is 14.4. The summed E-state index contributed by atoms with van der Waals surface area (Å²) in [5, 5.41) is 2.89. The van der Waals surface area contributed by atoms with Gasteiger partial charge in [-0.15, -0.1) is 0 Å². The Hall–Kier alpha value is -1.66. The molecule has 1 N–H and O–H groups in total. The summed E-state index contributed by atoms with van der Waals surface area (Å²) in [5.74, 6) is -0.215. The number of aryl methyl sites for hydroxylation is 1. The number of thioether (sulfide) groups is 1. The fraction of sp³-hybridized carbons (Fsp3) is 0.389. The van der Waals surface area contributed by atoms with E-state index in [0.29, 0.717) is 15.8 Å². The van der Waals surface area contributed by atoms with Crippen LogP contribution < -0.4 is 5.32 Å². The topological polar surface area (TPSA) is 49.4 Å². The Balaban J connectivity index is 2.01. The van der Waals surface area contributed by atoms with E-state index in [4.69, 9.17) is 12.2 Å². The molecule has 128 valence electrons. The zero-order valence-corrected chi connectivity index (χ0v) is 16.0. The van der Waals surface area contributed by atoms with Gasteiger partial charge in [0.1, 0.15) is 4.32 Å². The summed E-state index contributed by atoms with van der Waals surface area (Å²) < 4.78 is 0.502. The summed E-state index contributed by atoms with van der Waals surface area (Å²) in [6.45, 7) is 8.10. The second kappa shape index (κ2) is 7.49. The fourth-order valence-corrected chi connectivity index (χ4v) is 3.51. The highest BCUT2D eigenvalue weighted by Gasteiger charge is 2.32. The molecule has 0 aliphatic carbocycles. The van der Waals surface area contributed by atoms with E-state index in [9.17, 15) is 9.59 Å². The molecule has 1 saturated heterocycles. The molecule has 24 heavy (non-hydrogen) atoms. The van der Waals surface area contributed by atoms with Crippen molar-refractivity contribution in [1.29, 1.82) is 0 Å². The lowest BCUT2D eigenvalue weighted by molar-refractivity contribution is -0.124. The van der Waals surface area contributed by atoms with Gasteiger partial charge in [0.2, 0.25) is 5.91 Å². The monoisotopic (exact) mass is 362 g/mol. The maximum atomic E-state index is 12.5. The van der Waals surface area contributed by atoms with Gasteiger partial charge >= 0.3 is 0 Å². The summed E-state index contributed by atoms with van der Waals surface area (Å²) in [6, 6.07) is 7.95. The quantitative estimate of drug-likeness (QED) is 0.658. The van der Waals surface area contributed by atoms with Gasteiger partial charge in [-0.25, -0.2) is 0 Å². The molecule has 1 aliphatic rings. The molecule has 1 aromatic carbocycles. The third-order valence-electron chi connectivity index (χ3n) is 3.33. The first-order valence-electron chi connectivity index (χ1n) is 7.79. The Kier molecular flexibility index (Phi) is 5.83. The van der Waals surface area contributed by atoms with Gasteiger partial charge in [-0.1, -0.05) is 53.8 Å². The molecule has 2 amide bonds. The van der Waals surface area contributed by atoms with Crippen LogP contribution in [0.1, 0.15) is 38.3 Å². The van der Waals surface area contributed by atoms with E-state index in [0.717, 1.165) is 5.56 Å². The number of benzene rings is 1. The second-order valence-electron chi connectivity index (χ2n) is 6.79. The normalized spacial score (nSPS) is 16.8. The lowest BCUT2D eigenvalue weighted by Crippen LogP contribution is -2.42.